The zero-order chi connectivity index (χ0) is 19.9. The van der Waals surface area contributed by atoms with Crippen molar-refractivity contribution in [3.63, 3.8) is 0 Å². The number of rotatable bonds is 7. The van der Waals surface area contributed by atoms with Crippen LogP contribution in [0.3, 0.4) is 0 Å². The lowest BCUT2D eigenvalue weighted by Gasteiger charge is -2.12. The number of halogens is 1. The zero-order valence-corrected chi connectivity index (χ0v) is 16.4. The Balaban J connectivity index is 1.71. The van der Waals surface area contributed by atoms with Crippen LogP contribution in [0.25, 0.3) is 0 Å². The first kappa shape index (κ1) is 20.1. The van der Waals surface area contributed by atoms with E-state index in [0.29, 0.717) is 23.8 Å². The van der Waals surface area contributed by atoms with Crippen LogP contribution in [-0.4, -0.2) is 28.5 Å². The summed E-state index contributed by atoms with van der Waals surface area (Å²) >= 11 is 5.83. The van der Waals surface area contributed by atoms with Crippen LogP contribution in [0.2, 0.25) is 5.28 Å². The van der Waals surface area contributed by atoms with Crippen LogP contribution in [-0.2, 0) is 9.53 Å². The van der Waals surface area contributed by atoms with Crippen molar-refractivity contribution in [1.82, 2.24) is 9.97 Å². The molecule has 1 aromatic heterocycles. The van der Waals surface area contributed by atoms with Gasteiger partial charge in [0.15, 0.2) is 0 Å². The number of carbonyl (C=O) groups excluding carboxylic acids is 2. The number of amides is 1. The third-order valence-corrected chi connectivity index (χ3v) is 4.68. The molecule has 1 amide bonds. The molecule has 0 spiro atoms. The van der Waals surface area contributed by atoms with Gasteiger partial charge < -0.3 is 14.8 Å². The molecular formula is C20H22ClN3O4. The molecule has 1 heterocycles. The van der Waals surface area contributed by atoms with Gasteiger partial charge in [-0.25, -0.2) is 9.78 Å². The molecule has 8 heteroatoms. The average molecular weight is 404 g/mol. The molecule has 1 aliphatic rings. The monoisotopic (exact) mass is 403 g/mol. The van der Waals surface area contributed by atoms with Gasteiger partial charge in [-0.3, -0.25) is 4.79 Å². The second-order valence-electron chi connectivity index (χ2n) is 6.61. The van der Waals surface area contributed by atoms with Gasteiger partial charge in [0, 0.05) is 18.2 Å². The van der Waals surface area contributed by atoms with E-state index >= 15 is 0 Å². The summed E-state index contributed by atoms with van der Waals surface area (Å²) in [6, 6.07) is 6.88. The number of aromatic nitrogens is 2. The zero-order valence-electron chi connectivity index (χ0n) is 15.6. The molecule has 1 fully saturated rings. The first-order valence-corrected chi connectivity index (χ1v) is 9.70. The van der Waals surface area contributed by atoms with Crippen LogP contribution in [0, 0.1) is 5.92 Å². The molecule has 1 N–H and O–H groups in total. The molecule has 1 aromatic carbocycles. The summed E-state index contributed by atoms with van der Waals surface area (Å²) in [6.45, 7) is 1.91. The van der Waals surface area contributed by atoms with E-state index < -0.39 is 5.97 Å². The Morgan fingerprint density at radius 2 is 2.07 bits per heavy atom. The molecule has 148 valence electrons. The van der Waals surface area contributed by atoms with Crippen molar-refractivity contribution in [2.75, 3.05) is 11.9 Å². The number of benzene rings is 1. The van der Waals surface area contributed by atoms with E-state index in [2.05, 4.69) is 15.3 Å². The molecule has 0 saturated heterocycles. The number of hydrogen-bond donors (Lipinski definition) is 1. The molecule has 7 nitrogen and oxygen atoms in total. The SMILES string of the molecule is CCOC(=O)c1cnc(Cl)nc1Oc1cccc(NC(=O)CC2CCCC2)c1. The fourth-order valence-corrected chi connectivity index (χ4v) is 3.34. The first-order chi connectivity index (χ1) is 13.5. The number of nitrogens with zero attached hydrogens (tertiary/aromatic N) is 2. The van der Waals surface area contributed by atoms with Crippen LogP contribution in [0.5, 0.6) is 11.6 Å². The molecule has 0 unspecified atom stereocenters. The second kappa shape index (κ2) is 9.50. The number of carbonyl (C=O) groups is 2. The lowest BCUT2D eigenvalue weighted by Crippen LogP contribution is -2.15. The van der Waals surface area contributed by atoms with E-state index in [1.165, 1.54) is 19.0 Å². The topological polar surface area (TPSA) is 90.4 Å². The Labute approximate surface area is 168 Å². The van der Waals surface area contributed by atoms with Crippen molar-refractivity contribution in [3.05, 3.63) is 41.3 Å². The molecule has 28 heavy (non-hydrogen) atoms. The third kappa shape index (κ3) is 5.42. The highest BCUT2D eigenvalue weighted by Crippen LogP contribution is 2.29. The van der Waals surface area contributed by atoms with Crippen molar-refractivity contribution < 1.29 is 19.1 Å². The van der Waals surface area contributed by atoms with Crippen molar-refractivity contribution >= 4 is 29.2 Å². The predicted octanol–water partition coefficient (Wildman–Crippen LogP) is 4.62. The smallest absolute Gasteiger partial charge is 0.345 e. The van der Waals surface area contributed by atoms with E-state index in [4.69, 9.17) is 21.1 Å². The molecule has 0 atom stereocenters. The molecule has 0 radical (unpaired) electrons. The molecule has 1 saturated carbocycles. The standard InChI is InChI=1S/C20H22ClN3O4/c1-2-27-19(26)16-12-22-20(21)24-18(16)28-15-9-5-8-14(11-15)23-17(25)10-13-6-3-4-7-13/h5,8-9,11-13H,2-4,6-7,10H2,1H3,(H,23,25). The number of anilines is 1. The summed E-state index contributed by atoms with van der Waals surface area (Å²) in [5.41, 5.74) is 0.681. The van der Waals surface area contributed by atoms with Gasteiger partial charge in [-0.2, -0.15) is 4.98 Å². The molecule has 3 rings (SSSR count). The summed E-state index contributed by atoms with van der Waals surface area (Å²) in [6.07, 6.45) is 6.41. The Hall–Kier alpha value is -2.67. The largest absolute Gasteiger partial charge is 0.462 e. The van der Waals surface area contributed by atoms with Crippen LogP contribution >= 0.6 is 11.6 Å². The minimum atomic E-state index is -0.602. The Kier molecular flexibility index (Phi) is 6.81. The van der Waals surface area contributed by atoms with Gasteiger partial charge in [-0.05, 0) is 49.4 Å². The normalized spacial score (nSPS) is 13.9. The lowest BCUT2D eigenvalue weighted by molar-refractivity contribution is -0.117. The summed E-state index contributed by atoms with van der Waals surface area (Å²) in [4.78, 5) is 32.1. The Morgan fingerprint density at radius 1 is 1.29 bits per heavy atom. The van der Waals surface area contributed by atoms with Crippen LogP contribution in [0.1, 0.15) is 49.4 Å². The highest BCUT2D eigenvalue weighted by Gasteiger charge is 2.19. The maximum Gasteiger partial charge on any atom is 0.345 e. The van der Waals surface area contributed by atoms with Crippen molar-refractivity contribution in [3.8, 4) is 11.6 Å². The van der Waals surface area contributed by atoms with E-state index in [-0.39, 0.29) is 29.2 Å². The number of ether oxygens (including phenoxy) is 2. The third-order valence-electron chi connectivity index (χ3n) is 4.50. The van der Waals surface area contributed by atoms with Crippen molar-refractivity contribution in [2.45, 2.75) is 39.0 Å². The van der Waals surface area contributed by atoms with Gasteiger partial charge in [0.1, 0.15) is 11.3 Å². The number of esters is 1. The van der Waals surface area contributed by atoms with Crippen LogP contribution in [0.4, 0.5) is 5.69 Å². The minimum absolute atomic E-state index is 0.00659. The van der Waals surface area contributed by atoms with Gasteiger partial charge in [0.25, 0.3) is 0 Å². The summed E-state index contributed by atoms with van der Waals surface area (Å²) < 4.78 is 10.7. The van der Waals surface area contributed by atoms with Crippen molar-refractivity contribution in [1.29, 1.82) is 0 Å². The van der Waals surface area contributed by atoms with E-state index in [0.717, 1.165) is 12.8 Å². The summed E-state index contributed by atoms with van der Waals surface area (Å²) in [7, 11) is 0. The van der Waals surface area contributed by atoms with Crippen LogP contribution < -0.4 is 10.1 Å². The predicted molar refractivity (Wildman–Crippen MR) is 105 cm³/mol. The Bertz CT molecular complexity index is 853. The van der Waals surface area contributed by atoms with Gasteiger partial charge in [-0.1, -0.05) is 18.9 Å². The van der Waals surface area contributed by atoms with E-state index in [1.54, 1.807) is 31.2 Å². The Morgan fingerprint density at radius 3 is 2.82 bits per heavy atom. The molecule has 2 aromatic rings. The number of hydrogen-bond acceptors (Lipinski definition) is 6. The minimum Gasteiger partial charge on any atom is -0.462 e. The summed E-state index contributed by atoms with van der Waals surface area (Å²) in [5, 5.41) is 2.84. The van der Waals surface area contributed by atoms with Crippen molar-refractivity contribution in [2.24, 2.45) is 5.92 Å². The quantitative estimate of drug-likeness (QED) is 0.536. The lowest BCUT2D eigenvalue weighted by atomic mass is 10.0. The van der Waals surface area contributed by atoms with Gasteiger partial charge in [0.2, 0.25) is 17.1 Å². The van der Waals surface area contributed by atoms with Gasteiger partial charge in [0.05, 0.1) is 12.8 Å². The maximum absolute atomic E-state index is 12.2. The molecular weight excluding hydrogens is 382 g/mol. The number of nitrogens with one attached hydrogen (secondary N) is 1. The maximum atomic E-state index is 12.2. The highest BCUT2D eigenvalue weighted by molar-refractivity contribution is 6.28. The van der Waals surface area contributed by atoms with E-state index in [1.807, 2.05) is 0 Å². The molecule has 1 aliphatic carbocycles. The fraction of sp³-hybridized carbons (Fsp3) is 0.400. The summed E-state index contributed by atoms with van der Waals surface area (Å²) in [5.74, 6) is 0.248. The highest BCUT2D eigenvalue weighted by atomic mass is 35.5. The van der Waals surface area contributed by atoms with Gasteiger partial charge >= 0.3 is 5.97 Å². The van der Waals surface area contributed by atoms with E-state index in [9.17, 15) is 9.59 Å². The average Bonchev–Trinajstić information content (AvgIpc) is 3.15. The van der Waals surface area contributed by atoms with Gasteiger partial charge in [-0.15, -0.1) is 0 Å². The first-order valence-electron chi connectivity index (χ1n) is 9.32. The molecule has 0 aliphatic heterocycles. The van der Waals surface area contributed by atoms with Crippen LogP contribution in [0.15, 0.2) is 30.5 Å². The second-order valence-corrected chi connectivity index (χ2v) is 6.95. The molecule has 0 bridgehead atoms. The fourth-order valence-electron chi connectivity index (χ4n) is 3.21.